The molecule has 0 aromatic heterocycles. The molecule has 0 unspecified atom stereocenters. The molecular weight excluding hydrogens is 301 g/mol. The Hall–Kier alpha value is -2.15. The quantitative estimate of drug-likeness (QED) is 0.661. The fraction of sp³-hybridized carbons (Fsp3) is 0.100. The Morgan fingerprint density at radius 1 is 0.696 bits per heavy atom. The van der Waals surface area contributed by atoms with Gasteiger partial charge in [-0.2, -0.15) is 0 Å². The van der Waals surface area contributed by atoms with Gasteiger partial charge in [0.05, 0.1) is 0 Å². The fourth-order valence-electron chi connectivity index (χ4n) is 2.75. The van der Waals surface area contributed by atoms with E-state index in [1.165, 1.54) is 0 Å². The fourth-order valence-corrected chi connectivity index (χ4v) is 5.35. The second-order valence-electron chi connectivity index (χ2n) is 5.55. The average Bonchev–Trinajstić information content (AvgIpc) is 2.63. The van der Waals surface area contributed by atoms with Crippen molar-refractivity contribution in [2.75, 3.05) is 7.05 Å². The smallest absolute Gasteiger partial charge is 0.207 e. The highest BCUT2D eigenvalue weighted by Crippen LogP contribution is 2.47. The standard InChI is InChI=1S/C20H20NOP/c1-21(17-18-11-5-2-6-12-18)23(22,19-13-7-3-8-14-19)20-15-9-4-10-16-20/h2-16H,17H2,1H3. The second-order valence-corrected chi connectivity index (χ2v) is 8.42. The van der Waals surface area contributed by atoms with Gasteiger partial charge in [-0.1, -0.05) is 66.7 Å². The Bertz CT molecular complexity index is 744. The van der Waals surface area contributed by atoms with Gasteiger partial charge in [-0.15, -0.1) is 0 Å². The molecule has 0 heterocycles. The van der Waals surface area contributed by atoms with Gasteiger partial charge in [0.25, 0.3) is 0 Å². The molecule has 2 nitrogen and oxygen atoms in total. The second kappa shape index (κ2) is 6.95. The van der Waals surface area contributed by atoms with Gasteiger partial charge in [-0.05, 0) is 36.9 Å². The topological polar surface area (TPSA) is 20.3 Å². The maximum absolute atomic E-state index is 14.0. The molecule has 0 aliphatic carbocycles. The SMILES string of the molecule is CN(Cc1ccccc1)P(=O)(c1ccccc1)c1ccccc1. The lowest BCUT2D eigenvalue weighted by atomic mass is 10.2. The number of hydrogen-bond donors (Lipinski definition) is 0. The van der Waals surface area contributed by atoms with Crippen LogP contribution in [0.4, 0.5) is 0 Å². The van der Waals surface area contributed by atoms with Crippen LogP contribution in [0.25, 0.3) is 0 Å². The van der Waals surface area contributed by atoms with Crippen molar-refractivity contribution in [1.29, 1.82) is 0 Å². The zero-order valence-corrected chi connectivity index (χ0v) is 14.1. The maximum atomic E-state index is 14.0. The highest BCUT2D eigenvalue weighted by Gasteiger charge is 2.31. The van der Waals surface area contributed by atoms with Crippen molar-refractivity contribution in [3.8, 4) is 0 Å². The molecule has 23 heavy (non-hydrogen) atoms. The van der Waals surface area contributed by atoms with Crippen LogP contribution in [-0.2, 0) is 11.1 Å². The maximum Gasteiger partial charge on any atom is 0.207 e. The number of benzene rings is 3. The summed E-state index contributed by atoms with van der Waals surface area (Å²) in [4.78, 5) is 0. The predicted octanol–water partition coefficient (Wildman–Crippen LogP) is 4.05. The molecule has 0 atom stereocenters. The summed E-state index contributed by atoms with van der Waals surface area (Å²) in [6.07, 6.45) is 0. The summed E-state index contributed by atoms with van der Waals surface area (Å²) in [5.41, 5.74) is 1.15. The Labute approximate surface area is 137 Å². The first-order valence-corrected chi connectivity index (χ1v) is 9.34. The van der Waals surface area contributed by atoms with Gasteiger partial charge in [0.1, 0.15) is 0 Å². The normalized spacial score (nSPS) is 11.6. The van der Waals surface area contributed by atoms with E-state index in [1.54, 1.807) is 0 Å². The lowest BCUT2D eigenvalue weighted by molar-refractivity contribution is 0.481. The minimum atomic E-state index is -2.85. The van der Waals surface area contributed by atoms with Gasteiger partial charge in [-0.25, -0.2) is 4.67 Å². The summed E-state index contributed by atoms with van der Waals surface area (Å²) in [5, 5.41) is 1.73. The third-order valence-corrected chi connectivity index (χ3v) is 7.05. The van der Waals surface area contributed by atoms with Crippen LogP contribution in [0.2, 0.25) is 0 Å². The molecule has 0 saturated heterocycles. The highest BCUT2D eigenvalue weighted by atomic mass is 31.2. The van der Waals surface area contributed by atoms with Crippen LogP contribution < -0.4 is 10.6 Å². The Kier molecular flexibility index (Phi) is 4.76. The zero-order valence-electron chi connectivity index (χ0n) is 13.2. The number of nitrogens with zero attached hydrogens (tertiary/aromatic N) is 1. The van der Waals surface area contributed by atoms with E-state index in [0.29, 0.717) is 6.54 Å². The lowest BCUT2D eigenvalue weighted by Gasteiger charge is -2.29. The van der Waals surface area contributed by atoms with Crippen molar-refractivity contribution in [3.05, 3.63) is 96.6 Å². The average molecular weight is 321 g/mol. The molecule has 0 amide bonds. The van der Waals surface area contributed by atoms with Crippen molar-refractivity contribution in [2.24, 2.45) is 0 Å². The van der Waals surface area contributed by atoms with Crippen LogP contribution in [0, 0.1) is 0 Å². The van der Waals surface area contributed by atoms with E-state index in [0.717, 1.165) is 16.2 Å². The van der Waals surface area contributed by atoms with Gasteiger partial charge in [0.15, 0.2) is 0 Å². The van der Waals surface area contributed by atoms with Gasteiger partial charge >= 0.3 is 0 Å². The van der Waals surface area contributed by atoms with E-state index in [-0.39, 0.29) is 0 Å². The number of rotatable bonds is 5. The Balaban J connectivity index is 2.04. The minimum absolute atomic E-state index is 0.641. The zero-order chi connectivity index (χ0) is 16.1. The summed E-state index contributed by atoms with van der Waals surface area (Å²) in [5.74, 6) is 0. The molecule has 0 fully saturated rings. The predicted molar refractivity (Wildman–Crippen MR) is 97.7 cm³/mol. The van der Waals surface area contributed by atoms with Crippen molar-refractivity contribution < 1.29 is 4.57 Å². The van der Waals surface area contributed by atoms with E-state index < -0.39 is 7.29 Å². The largest absolute Gasteiger partial charge is 0.296 e. The molecule has 0 radical (unpaired) electrons. The monoisotopic (exact) mass is 321 g/mol. The molecule has 0 aliphatic rings. The molecule has 0 saturated carbocycles. The molecule has 0 aliphatic heterocycles. The van der Waals surface area contributed by atoms with Crippen molar-refractivity contribution in [3.63, 3.8) is 0 Å². The van der Waals surface area contributed by atoms with Crippen LogP contribution in [-0.4, -0.2) is 11.7 Å². The molecule has 0 N–H and O–H groups in total. The molecule has 0 spiro atoms. The molecule has 3 aromatic rings. The van der Waals surface area contributed by atoms with Crippen molar-refractivity contribution in [2.45, 2.75) is 6.54 Å². The van der Waals surface area contributed by atoms with Crippen LogP contribution in [0.15, 0.2) is 91.0 Å². The van der Waals surface area contributed by atoms with Crippen LogP contribution in [0.5, 0.6) is 0 Å². The molecule has 0 bridgehead atoms. The van der Waals surface area contributed by atoms with E-state index in [9.17, 15) is 4.57 Å². The van der Waals surface area contributed by atoms with Crippen LogP contribution in [0.3, 0.4) is 0 Å². The molecule has 3 rings (SSSR count). The number of hydrogen-bond acceptors (Lipinski definition) is 1. The van der Waals surface area contributed by atoms with Crippen molar-refractivity contribution in [1.82, 2.24) is 4.67 Å². The van der Waals surface area contributed by atoms with E-state index in [4.69, 9.17) is 0 Å². The van der Waals surface area contributed by atoms with E-state index in [1.807, 2.05) is 90.6 Å². The van der Waals surface area contributed by atoms with Gasteiger partial charge in [0, 0.05) is 17.2 Å². The first kappa shape index (κ1) is 15.7. The Morgan fingerprint density at radius 2 is 1.09 bits per heavy atom. The van der Waals surface area contributed by atoms with Gasteiger partial charge in [-0.3, -0.25) is 4.57 Å². The first-order chi connectivity index (χ1) is 11.2. The summed E-state index contributed by atoms with van der Waals surface area (Å²) in [6.45, 7) is 0.641. The molecular formula is C20H20NOP. The summed E-state index contributed by atoms with van der Waals surface area (Å²) in [7, 11) is -0.909. The minimum Gasteiger partial charge on any atom is -0.296 e. The van der Waals surface area contributed by atoms with Crippen LogP contribution in [0.1, 0.15) is 5.56 Å². The van der Waals surface area contributed by atoms with E-state index >= 15 is 0 Å². The van der Waals surface area contributed by atoms with Crippen LogP contribution >= 0.6 is 7.29 Å². The van der Waals surface area contributed by atoms with Gasteiger partial charge in [0.2, 0.25) is 7.29 Å². The Morgan fingerprint density at radius 3 is 1.52 bits per heavy atom. The van der Waals surface area contributed by atoms with E-state index in [2.05, 4.69) is 12.1 Å². The third-order valence-electron chi connectivity index (χ3n) is 3.95. The lowest BCUT2D eigenvalue weighted by Crippen LogP contribution is -2.29. The summed E-state index contributed by atoms with van der Waals surface area (Å²) in [6, 6.07) is 29.7. The van der Waals surface area contributed by atoms with Gasteiger partial charge < -0.3 is 0 Å². The molecule has 3 heteroatoms. The first-order valence-electron chi connectivity index (χ1n) is 7.68. The third kappa shape index (κ3) is 3.29. The molecule has 3 aromatic carbocycles. The summed E-state index contributed by atoms with van der Waals surface area (Å²) < 4.78 is 16.0. The molecule has 116 valence electrons. The summed E-state index contributed by atoms with van der Waals surface area (Å²) >= 11 is 0. The highest BCUT2D eigenvalue weighted by molar-refractivity contribution is 7.76. The van der Waals surface area contributed by atoms with Crippen molar-refractivity contribution >= 4 is 17.9 Å².